The van der Waals surface area contributed by atoms with E-state index in [2.05, 4.69) is 50.3 Å². The number of ether oxygens (including phenoxy) is 4. The van der Waals surface area contributed by atoms with Crippen molar-refractivity contribution in [2.24, 2.45) is 17.8 Å². The molecule has 5 aliphatic rings. The van der Waals surface area contributed by atoms with Gasteiger partial charge in [-0.15, -0.1) is 11.3 Å². The van der Waals surface area contributed by atoms with Gasteiger partial charge in [-0.2, -0.15) is 0 Å². The van der Waals surface area contributed by atoms with Crippen LogP contribution in [0.2, 0.25) is 0 Å². The molecule has 2 aromatic carbocycles. The van der Waals surface area contributed by atoms with Gasteiger partial charge in [0.05, 0.1) is 83.9 Å². The first-order valence-corrected chi connectivity index (χ1v) is 26.3. The molecule has 17 nitrogen and oxygen atoms in total. The Balaban J connectivity index is 0.893. The molecule has 4 aliphatic heterocycles. The number of H-pyrrole nitrogens is 2. The lowest BCUT2D eigenvalue weighted by Crippen LogP contribution is -2.55. The van der Waals surface area contributed by atoms with Crippen LogP contribution in [0.15, 0.2) is 60.9 Å². The second kappa shape index (κ2) is 19.3. The molecule has 8 heterocycles. The Hall–Kier alpha value is -6.73. The maximum Gasteiger partial charge on any atom is 0.407 e. The number of aryl methyl sites for hydroxylation is 1. The van der Waals surface area contributed by atoms with Crippen molar-refractivity contribution in [1.29, 1.82) is 0 Å². The number of likely N-dealkylation sites (tertiary alicyclic amines) is 2. The standard InChI is InChI=1S/C54H62FN9O8S/c1-8-34-12-14-44(73-34)52-64-38-13-11-29(36-24-57-49(58-36)42-22-32-20-40(32)63(42)51(66)47(61-54(68)70-7)33-16-27(4)71-28(5)17-33)18-31(38)21-41(64)45-35(55)19-30(23-43(45)72-52)37-25-56-48(59-37)39-10-9-15-62(39)50(65)46(26(2)3)60-53(67)69-6/h11-14,18-19,21,23-28,32-33,39-40,42,46-47,52H,8-10,15-17,20,22H2,1-7H3,(H,56,59)(H,57,58)(H,60,67)(H,61,68)/t27-,28+,32-,33?,39?,40-,42+,46+,47-,52?/m1/s1. The Kier molecular flexibility index (Phi) is 12.8. The van der Waals surface area contributed by atoms with Crippen molar-refractivity contribution >= 4 is 46.2 Å². The van der Waals surface area contributed by atoms with Gasteiger partial charge in [-0.25, -0.2) is 23.9 Å². The van der Waals surface area contributed by atoms with Crippen molar-refractivity contribution in [2.45, 2.75) is 128 Å². The zero-order valence-corrected chi connectivity index (χ0v) is 42.9. The van der Waals surface area contributed by atoms with Crippen LogP contribution in [0.3, 0.4) is 0 Å². The lowest BCUT2D eigenvalue weighted by atomic mass is 9.85. The van der Waals surface area contributed by atoms with Gasteiger partial charge in [0.25, 0.3) is 0 Å². The number of methoxy groups -OCH3 is 2. The number of amides is 4. The van der Waals surface area contributed by atoms with E-state index in [4.69, 9.17) is 28.9 Å². The van der Waals surface area contributed by atoms with E-state index in [1.54, 1.807) is 28.6 Å². The summed E-state index contributed by atoms with van der Waals surface area (Å²) in [6.45, 7) is 10.4. The number of piperidine rings is 1. The molecular weight excluding hydrogens is 954 g/mol. The number of hydrogen-bond acceptors (Lipinski definition) is 11. The highest BCUT2D eigenvalue weighted by Gasteiger charge is 2.57. The molecule has 1 saturated carbocycles. The molecule has 19 heteroatoms. The van der Waals surface area contributed by atoms with Crippen LogP contribution < -0.4 is 15.4 Å². The molecule has 4 N–H and O–H groups in total. The number of alkyl carbamates (subject to hydrolysis) is 2. The molecule has 4 amide bonds. The molecule has 0 bridgehead atoms. The number of carbonyl (C=O) groups is 4. The molecule has 3 saturated heterocycles. The number of fused-ring (bicyclic) bond motifs is 6. The average Bonchev–Trinajstić information content (AvgIpc) is 4.14. The Morgan fingerprint density at radius 2 is 1.58 bits per heavy atom. The van der Waals surface area contributed by atoms with Crippen molar-refractivity contribution in [3.05, 3.63) is 88.1 Å². The summed E-state index contributed by atoms with van der Waals surface area (Å²) in [4.78, 5) is 75.8. The summed E-state index contributed by atoms with van der Waals surface area (Å²) in [7, 11) is 2.58. The summed E-state index contributed by atoms with van der Waals surface area (Å²) in [5.41, 5.74) is 4.66. The van der Waals surface area contributed by atoms with Crippen molar-refractivity contribution in [3.8, 4) is 39.5 Å². The minimum absolute atomic E-state index is 0.0471. The number of halogens is 1. The third-order valence-corrected chi connectivity index (χ3v) is 16.8. The molecular formula is C54H62FN9O8S. The molecule has 3 unspecified atom stereocenters. The highest BCUT2D eigenvalue weighted by atomic mass is 32.1. The fourth-order valence-corrected chi connectivity index (χ4v) is 12.9. The number of aromatic nitrogens is 5. The summed E-state index contributed by atoms with van der Waals surface area (Å²) in [5, 5.41) is 6.47. The number of carbonyl (C=O) groups excluding carboxylic acids is 4. The Labute approximate surface area is 426 Å². The van der Waals surface area contributed by atoms with Crippen molar-refractivity contribution in [2.75, 3.05) is 20.8 Å². The van der Waals surface area contributed by atoms with Crippen LogP contribution in [0.25, 0.3) is 44.7 Å². The Morgan fingerprint density at radius 1 is 0.863 bits per heavy atom. The van der Waals surface area contributed by atoms with Crippen LogP contribution in [0, 0.1) is 23.6 Å². The predicted molar refractivity (Wildman–Crippen MR) is 271 cm³/mol. The topological polar surface area (TPSA) is 198 Å². The first kappa shape index (κ1) is 48.5. The molecule has 11 rings (SSSR count). The van der Waals surface area contributed by atoms with Gasteiger partial charge in [-0.05, 0) is 119 Å². The van der Waals surface area contributed by atoms with Crippen molar-refractivity contribution in [1.82, 2.24) is 44.9 Å². The summed E-state index contributed by atoms with van der Waals surface area (Å²) in [5.74, 6) is 0.930. The van der Waals surface area contributed by atoms with Gasteiger partial charge in [-0.3, -0.25) is 14.2 Å². The Morgan fingerprint density at radius 3 is 2.27 bits per heavy atom. The van der Waals surface area contributed by atoms with E-state index in [1.165, 1.54) is 25.2 Å². The van der Waals surface area contributed by atoms with E-state index in [1.807, 2.05) is 56.9 Å². The molecule has 1 aliphatic carbocycles. The molecule has 6 aromatic rings. The van der Waals surface area contributed by atoms with E-state index < -0.39 is 36.3 Å². The van der Waals surface area contributed by atoms with Gasteiger partial charge in [0.15, 0.2) is 0 Å². The smallest absolute Gasteiger partial charge is 0.407 e. The van der Waals surface area contributed by atoms with E-state index in [0.717, 1.165) is 52.7 Å². The quantitative estimate of drug-likeness (QED) is 0.0916. The summed E-state index contributed by atoms with van der Waals surface area (Å²) in [6.07, 6.45) is 6.76. The fourth-order valence-electron chi connectivity index (χ4n) is 12.0. The second-order valence-corrected chi connectivity index (χ2v) is 21.9. The van der Waals surface area contributed by atoms with E-state index in [9.17, 15) is 19.2 Å². The average molecular weight is 1020 g/mol. The van der Waals surface area contributed by atoms with E-state index >= 15 is 4.39 Å². The lowest BCUT2D eigenvalue weighted by molar-refractivity contribution is -0.140. The monoisotopic (exact) mass is 1020 g/mol. The molecule has 4 fully saturated rings. The van der Waals surface area contributed by atoms with Crippen LogP contribution in [-0.2, 0) is 30.2 Å². The molecule has 0 radical (unpaired) electrons. The van der Waals surface area contributed by atoms with Gasteiger partial charge < -0.3 is 49.3 Å². The number of nitrogens with one attached hydrogen (secondary N) is 4. The number of benzene rings is 2. The van der Waals surface area contributed by atoms with Crippen LogP contribution >= 0.6 is 11.3 Å². The fraction of sp³-hybridized carbons (Fsp3) is 0.481. The number of aromatic amines is 2. The van der Waals surface area contributed by atoms with Crippen molar-refractivity contribution in [3.63, 3.8) is 0 Å². The van der Waals surface area contributed by atoms with Crippen molar-refractivity contribution < 1.29 is 42.5 Å². The molecule has 4 aromatic heterocycles. The van der Waals surface area contributed by atoms with Gasteiger partial charge in [0.2, 0.25) is 18.0 Å². The van der Waals surface area contributed by atoms with Crippen LogP contribution in [0.1, 0.15) is 113 Å². The third kappa shape index (κ3) is 8.91. The van der Waals surface area contributed by atoms with Gasteiger partial charge in [-0.1, -0.05) is 26.8 Å². The normalized spacial score (nSPS) is 24.9. The Bertz CT molecular complexity index is 3100. The number of thiophene rings is 1. The van der Waals surface area contributed by atoms with Crippen LogP contribution in [-0.4, -0.2) is 109 Å². The van der Waals surface area contributed by atoms with E-state index in [0.29, 0.717) is 71.6 Å². The van der Waals surface area contributed by atoms with E-state index in [-0.39, 0.29) is 54.0 Å². The van der Waals surface area contributed by atoms with Crippen LogP contribution in [0.5, 0.6) is 5.75 Å². The highest BCUT2D eigenvalue weighted by molar-refractivity contribution is 7.12. The van der Waals surface area contributed by atoms with Gasteiger partial charge >= 0.3 is 12.2 Å². The number of imidazole rings is 2. The number of nitrogens with zero attached hydrogens (tertiary/aromatic N) is 5. The first-order chi connectivity index (χ1) is 35.2. The van der Waals surface area contributed by atoms with Gasteiger partial charge in [0, 0.05) is 34.0 Å². The number of hydrogen-bond donors (Lipinski definition) is 4. The summed E-state index contributed by atoms with van der Waals surface area (Å²) < 4.78 is 41.7. The third-order valence-electron chi connectivity index (χ3n) is 15.6. The molecule has 73 heavy (non-hydrogen) atoms. The zero-order chi connectivity index (χ0) is 51.0. The SMILES string of the molecule is CCc1ccc(C2Oc3cc(-c4cnc(C5CCCN5C(=O)[C@@H](NC(=O)OC)C(C)C)[nH]4)cc(F)c3-c3cc4cc(-c5cnc([C@@H]6C[C@H]7C[C@H]7N6C(=O)[C@H](NC(=O)OC)C6C[C@@H](C)O[C@@H](C)C6)[nH]5)ccc4n32)s1. The maximum atomic E-state index is 17.0. The highest BCUT2D eigenvalue weighted by Crippen LogP contribution is 2.54. The summed E-state index contributed by atoms with van der Waals surface area (Å²) >= 11 is 1.66. The first-order valence-electron chi connectivity index (χ1n) is 25.5. The summed E-state index contributed by atoms with van der Waals surface area (Å²) in [6, 6.07) is 13.6. The maximum absolute atomic E-state index is 17.0. The molecule has 384 valence electrons. The predicted octanol–water partition coefficient (Wildman–Crippen LogP) is 9.43. The minimum Gasteiger partial charge on any atom is -0.464 e. The van der Waals surface area contributed by atoms with Crippen LogP contribution in [0.4, 0.5) is 14.0 Å². The molecule has 10 atom stereocenters. The molecule has 0 spiro atoms. The number of rotatable bonds is 12. The lowest BCUT2D eigenvalue weighted by Gasteiger charge is -2.38. The largest absolute Gasteiger partial charge is 0.464 e. The minimum atomic E-state index is -0.772. The van der Waals surface area contributed by atoms with Gasteiger partial charge in [0.1, 0.15) is 35.3 Å². The second-order valence-electron chi connectivity index (χ2n) is 20.7. The zero-order valence-electron chi connectivity index (χ0n) is 42.1.